The molecule has 9 heteroatoms. The molecule has 4 aromatic rings. The zero-order chi connectivity index (χ0) is 22.8. The summed E-state index contributed by atoms with van der Waals surface area (Å²) >= 11 is 0. The molecule has 3 heterocycles. The van der Waals surface area contributed by atoms with Gasteiger partial charge in [0.15, 0.2) is 5.65 Å². The van der Waals surface area contributed by atoms with E-state index in [-0.39, 0.29) is 5.56 Å². The molecule has 170 valence electrons. The molecule has 0 amide bonds. The normalized spacial score (nSPS) is 14.4. The third-order valence-electron chi connectivity index (χ3n) is 5.92. The van der Waals surface area contributed by atoms with Crippen LogP contribution in [0.15, 0.2) is 59.5 Å². The summed E-state index contributed by atoms with van der Waals surface area (Å²) in [5, 5.41) is 4.87. The molecule has 0 radical (unpaired) electrons. The number of benzene rings is 2. The van der Waals surface area contributed by atoms with Gasteiger partial charge in [0.2, 0.25) is 5.95 Å². The van der Waals surface area contributed by atoms with Crippen molar-refractivity contribution in [2.75, 3.05) is 50.2 Å². The van der Waals surface area contributed by atoms with Crippen molar-refractivity contribution < 1.29 is 9.47 Å². The SMILES string of the molecule is COc1cc(OC)cc(N2CCCN(c3nc4c(cnn4-c4ccccc4)c(=O)[nH]3)CC2)c1. The van der Waals surface area contributed by atoms with Crippen LogP contribution in [-0.2, 0) is 0 Å². The molecular formula is C24H26N6O3. The molecule has 0 spiro atoms. The number of anilines is 2. The Bertz CT molecular complexity index is 1290. The average Bonchev–Trinajstić information content (AvgIpc) is 3.13. The van der Waals surface area contributed by atoms with Crippen LogP contribution in [0, 0.1) is 0 Å². The van der Waals surface area contributed by atoms with Crippen LogP contribution in [0.1, 0.15) is 6.42 Å². The van der Waals surface area contributed by atoms with Gasteiger partial charge >= 0.3 is 0 Å². The molecule has 5 rings (SSSR count). The van der Waals surface area contributed by atoms with E-state index in [9.17, 15) is 4.79 Å². The Morgan fingerprint density at radius 3 is 2.30 bits per heavy atom. The van der Waals surface area contributed by atoms with Crippen molar-refractivity contribution in [2.24, 2.45) is 0 Å². The highest BCUT2D eigenvalue weighted by Gasteiger charge is 2.20. The number of para-hydroxylation sites is 1. The number of aromatic nitrogens is 4. The lowest BCUT2D eigenvalue weighted by atomic mass is 10.2. The molecule has 2 aromatic carbocycles. The van der Waals surface area contributed by atoms with Crippen molar-refractivity contribution in [1.82, 2.24) is 19.7 Å². The first kappa shape index (κ1) is 20.9. The number of hydrogen-bond acceptors (Lipinski definition) is 7. The smallest absolute Gasteiger partial charge is 0.263 e. The molecule has 0 saturated carbocycles. The molecular weight excluding hydrogens is 420 g/mol. The Labute approximate surface area is 191 Å². The zero-order valence-electron chi connectivity index (χ0n) is 18.7. The van der Waals surface area contributed by atoms with Crippen molar-refractivity contribution in [3.05, 3.63) is 65.1 Å². The molecule has 9 nitrogen and oxygen atoms in total. The predicted octanol–water partition coefficient (Wildman–Crippen LogP) is 2.84. The van der Waals surface area contributed by atoms with Gasteiger partial charge in [0.1, 0.15) is 16.9 Å². The van der Waals surface area contributed by atoms with E-state index in [0.717, 1.165) is 48.9 Å². The summed E-state index contributed by atoms with van der Waals surface area (Å²) in [6.45, 7) is 3.15. The molecule has 1 fully saturated rings. The molecule has 1 aliphatic rings. The van der Waals surface area contributed by atoms with Crippen molar-refractivity contribution in [1.29, 1.82) is 0 Å². The van der Waals surface area contributed by atoms with Gasteiger partial charge in [-0.15, -0.1) is 0 Å². The molecule has 0 aliphatic carbocycles. The topological polar surface area (TPSA) is 88.5 Å². The third kappa shape index (κ3) is 4.09. The second kappa shape index (κ2) is 8.85. The summed E-state index contributed by atoms with van der Waals surface area (Å²) in [6.07, 6.45) is 2.48. The Morgan fingerprint density at radius 1 is 0.879 bits per heavy atom. The highest BCUT2D eigenvalue weighted by molar-refractivity contribution is 5.76. The van der Waals surface area contributed by atoms with Gasteiger partial charge < -0.3 is 19.3 Å². The lowest BCUT2D eigenvalue weighted by Crippen LogP contribution is -2.32. The van der Waals surface area contributed by atoms with E-state index < -0.39 is 0 Å². The number of fused-ring (bicyclic) bond motifs is 1. The number of nitrogens with zero attached hydrogens (tertiary/aromatic N) is 5. The van der Waals surface area contributed by atoms with Crippen LogP contribution >= 0.6 is 0 Å². The Kier molecular flexibility index (Phi) is 5.60. The highest BCUT2D eigenvalue weighted by Crippen LogP contribution is 2.29. The maximum absolute atomic E-state index is 12.8. The van der Waals surface area contributed by atoms with Crippen LogP contribution in [0.2, 0.25) is 0 Å². The summed E-state index contributed by atoms with van der Waals surface area (Å²) in [4.78, 5) is 25.0. The minimum absolute atomic E-state index is 0.184. The molecule has 0 unspecified atom stereocenters. The van der Waals surface area contributed by atoms with Gasteiger partial charge in [-0.3, -0.25) is 9.78 Å². The summed E-state index contributed by atoms with van der Waals surface area (Å²) in [5.41, 5.74) is 2.28. The van der Waals surface area contributed by atoms with Crippen molar-refractivity contribution >= 4 is 22.7 Å². The second-order valence-corrected chi connectivity index (χ2v) is 7.92. The lowest BCUT2D eigenvalue weighted by molar-refractivity contribution is 0.394. The van der Waals surface area contributed by atoms with Gasteiger partial charge in [0.25, 0.3) is 5.56 Å². The van der Waals surface area contributed by atoms with Gasteiger partial charge in [-0.05, 0) is 18.6 Å². The van der Waals surface area contributed by atoms with E-state index in [0.29, 0.717) is 23.5 Å². The minimum atomic E-state index is -0.184. The maximum Gasteiger partial charge on any atom is 0.263 e. The van der Waals surface area contributed by atoms with Crippen molar-refractivity contribution in [2.45, 2.75) is 6.42 Å². The van der Waals surface area contributed by atoms with Gasteiger partial charge in [-0.25, -0.2) is 4.68 Å². The van der Waals surface area contributed by atoms with E-state index in [1.807, 2.05) is 48.5 Å². The van der Waals surface area contributed by atoms with Gasteiger partial charge in [-0.1, -0.05) is 18.2 Å². The monoisotopic (exact) mass is 446 g/mol. The molecule has 0 atom stereocenters. The first-order valence-corrected chi connectivity index (χ1v) is 10.9. The summed E-state index contributed by atoms with van der Waals surface area (Å²) in [5.74, 6) is 2.09. The fourth-order valence-corrected chi connectivity index (χ4v) is 4.18. The summed E-state index contributed by atoms with van der Waals surface area (Å²) in [6, 6.07) is 15.6. The summed E-state index contributed by atoms with van der Waals surface area (Å²) in [7, 11) is 3.31. The van der Waals surface area contributed by atoms with Gasteiger partial charge in [0, 0.05) is 50.1 Å². The fourth-order valence-electron chi connectivity index (χ4n) is 4.18. The Morgan fingerprint density at radius 2 is 1.58 bits per heavy atom. The van der Waals surface area contributed by atoms with Gasteiger partial charge in [-0.2, -0.15) is 10.1 Å². The quantitative estimate of drug-likeness (QED) is 0.504. The molecule has 1 aliphatic heterocycles. The molecule has 33 heavy (non-hydrogen) atoms. The van der Waals surface area contributed by atoms with E-state index >= 15 is 0 Å². The van der Waals surface area contributed by atoms with Crippen LogP contribution in [0.4, 0.5) is 11.6 Å². The number of hydrogen-bond donors (Lipinski definition) is 1. The zero-order valence-corrected chi connectivity index (χ0v) is 18.7. The van der Waals surface area contributed by atoms with Crippen LogP contribution in [0.3, 0.4) is 0 Å². The average molecular weight is 447 g/mol. The van der Waals surface area contributed by atoms with Crippen LogP contribution < -0.4 is 24.8 Å². The maximum atomic E-state index is 12.8. The number of nitrogens with one attached hydrogen (secondary N) is 1. The number of rotatable bonds is 5. The second-order valence-electron chi connectivity index (χ2n) is 7.92. The number of ether oxygens (including phenoxy) is 2. The predicted molar refractivity (Wildman–Crippen MR) is 128 cm³/mol. The first-order valence-electron chi connectivity index (χ1n) is 10.9. The number of aromatic amines is 1. The van der Waals surface area contributed by atoms with E-state index in [2.05, 4.69) is 19.9 Å². The molecule has 1 N–H and O–H groups in total. The number of methoxy groups -OCH3 is 2. The van der Waals surface area contributed by atoms with Crippen LogP contribution in [0.25, 0.3) is 16.7 Å². The van der Waals surface area contributed by atoms with Crippen molar-refractivity contribution in [3.8, 4) is 17.2 Å². The lowest BCUT2D eigenvalue weighted by Gasteiger charge is -2.24. The van der Waals surface area contributed by atoms with E-state index in [4.69, 9.17) is 14.5 Å². The molecule has 2 aromatic heterocycles. The summed E-state index contributed by atoms with van der Waals surface area (Å²) < 4.78 is 12.6. The first-order chi connectivity index (χ1) is 16.2. The molecule has 1 saturated heterocycles. The Balaban J connectivity index is 1.43. The van der Waals surface area contributed by atoms with E-state index in [1.54, 1.807) is 25.1 Å². The minimum Gasteiger partial charge on any atom is -0.497 e. The fraction of sp³-hybridized carbons (Fsp3) is 0.292. The van der Waals surface area contributed by atoms with Gasteiger partial charge in [0.05, 0.1) is 26.1 Å². The third-order valence-corrected chi connectivity index (χ3v) is 5.92. The largest absolute Gasteiger partial charge is 0.497 e. The molecule has 0 bridgehead atoms. The standard InChI is InChI=1S/C24H26N6O3/c1-32-19-13-18(14-20(15-19)33-2)28-9-6-10-29(12-11-28)24-26-22-21(23(31)27-24)16-25-30(22)17-7-4-3-5-8-17/h3-5,7-8,13-16H,6,9-12H2,1-2H3,(H,26,27,31). The van der Waals surface area contributed by atoms with Crippen LogP contribution in [0.5, 0.6) is 11.5 Å². The number of H-pyrrole nitrogens is 1. The van der Waals surface area contributed by atoms with Crippen LogP contribution in [-0.4, -0.2) is 60.1 Å². The van der Waals surface area contributed by atoms with E-state index in [1.165, 1.54) is 0 Å². The Hall–Kier alpha value is -4.01. The van der Waals surface area contributed by atoms with Crippen molar-refractivity contribution in [3.63, 3.8) is 0 Å². The highest BCUT2D eigenvalue weighted by atomic mass is 16.5.